The largest absolute Gasteiger partial charge is 0.496 e. The lowest BCUT2D eigenvalue weighted by atomic mass is 9.81. The molecule has 0 saturated heterocycles. The normalized spacial score (nSPS) is 12.7. The molecule has 0 spiro atoms. The van der Waals surface area contributed by atoms with E-state index in [0.29, 0.717) is 11.3 Å². The summed E-state index contributed by atoms with van der Waals surface area (Å²) < 4.78 is 10.5. The average Bonchev–Trinajstić information content (AvgIpc) is 2.66. The maximum absolute atomic E-state index is 13.2. The van der Waals surface area contributed by atoms with Gasteiger partial charge in [0, 0.05) is 5.92 Å². The molecule has 0 N–H and O–H groups in total. The van der Waals surface area contributed by atoms with Crippen LogP contribution < -0.4 is 4.74 Å². The number of ketones is 1. The molecule has 0 aliphatic carbocycles. The predicted octanol–water partition coefficient (Wildman–Crippen LogP) is 4.03. The summed E-state index contributed by atoms with van der Waals surface area (Å²) in [6, 6.07) is 16.2. The van der Waals surface area contributed by atoms with Gasteiger partial charge in [0.15, 0.2) is 5.78 Å². The molecule has 0 bridgehead atoms. The smallest absolute Gasteiger partial charge is 0.317 e. The number of Topliss-reactive ketones (excluding diaryl/α,β-unsaturated/α-hetero) is 1. The number of benzene rings is 2. The highest BCUT2D eigenvalue weighted by Gasteiger charge is 2.37. The maximum Gasteiger partial charge on any atom is 0.317 e. The molecule has 2 atom stereocenters. The maximum atomic E-state index is 13.2. The number of ether oxygens (including phenoxy) is 2. The molecule has 130 valence electrons. The fourth-order valence-electron chi connectivity index (χ4n) is 2.80. The van der Waals surface area contributed by atoms with Gasteiger partial charge in [-0.25, -0.2) is 0 Å². The van der Waals surface area contributed by atoms with Crippen molar-refractivity contribution in [2.45, 2.75) is 12.8 Å². The van der Waals surface area contributed by atoms with E-state index in [2.05, 4.69) is 6.58 Å². The van der Waals surface area contributed by atoms with E-state index in [9.17, 15) is 9.59 Å². The Morgan fingerprint density at radius 2 is 1.72 bits per heavy atom. The first-order valence-corrected chi connectivity index (χ1v) is 8.15. The Hall–Kier alpha value is -2.88. The molecule has 0 aromatic heterocycles. The Bertz CT molecular complexity index is 737. The van der Waals surface area contributed by atoms with Gasteiger partial charge in [-0.05, 0) is 24.6 Å². The SMILES string of the molecule is C=C[C@@H](c1ccccc1)[C@@H](C(=O)OCC)C(=O)c1ccccc1OC. The van der Waals surface area contributed by atoms with Gasteiger partial charge < -0.3 is 9.47 Å². The number of carbonyl (C=O) groups excluding carboxylic acids is 2. The van der Waals surface area contributed by atoms with Crippen LogP contribution in [0.4, 0.5) is 0 Å². The van der Waals surface area contributed by atoms with E-state index in [0.717, 1.165) is 5.56 Å². The molecular formula is C21H22O4. The molecular weight excluding hydrogens is 316 g/mol. The second-order valence-corrected chi connectivity index (χ2v) is 5.47. The Labute approximate surface area is 148 Å². The molecule has 0 heterocycles. The third-order valence-corrected chi connectivity index (χ3v) is 3.99. The quantitative estimate of drug-likeness (QED) is 0.316. The van der Waals surface area contributed by atoms with Gasteiger partial charge >= 0.3 is 5.97 Å². The van der Waals surface area contributed by atoms with Crippen molar-refractivity contribution in [1.29, 1.82) is 0 Å². The number of hydrogen-bond donors (Lipinski definition) is 0. The lowest BCUT2D eigenvalue weighted by molar-refractivity contribution is -0.146. The van der Waals surface area contributed by atoms with E-state index >= 15 is 0 Å². The summed E-state index contributed by atoms with van der Waals surface area (Å²) in [4.78, 5) is 25.8. The Kier molecular flexibility index (Phi) is 6.52. The highest BCUT2D eigenvalue weighted by Crippen LogP contribution is 2.32. The molecule has 2 rings (SSSR count). The zero-order chi connectivity index (χ0) is 18.2. The fraction of sp³-hybridized carbons (Fsp3) is 0.238. The number of hydrogen-bond acceptors (Lipinski definition) is 4. The third-order valence-electron chi connectivity index (χ3n) is 3.99. The molecule has 0 saturated carbocycles. The minimum Gasteiger partial charge on any atom is -0.496 e. The first-order valence-electron chi connectivity index (χ1n) is 8.15. The molecule has 0 aliphatic heterocycles. The number of methoxy groups -OCH3 is 1. The van der Waals surface area contributed by atoms with Crippen LogP contribution in [0.5, 0.6) is 5.75 Å². The van der Waals surface area contributed by atoms with Crippen LogP contribution in [0.15, 0.2) is 67.3 Å². The van der Waals surface area contributed by atoms with Crippen molar-refractivity contribution in [1.82, 2.24) is 0 Å². The van der Waals surface area contributed by atoms with Crippen LogP contribution in [-0.4, -0.2) is 25.5 Å². The van der Waals surface area contributed by atoms with Crippen molar-refractivity contribution < 1.29 is 19.1 Å². The van der Waals surface area contributed by atoms with Gasteiger partial charge in [0.1, 0.15) is 11.7 Å². The van der Waals surface area contributed by atoms with Crippen molar-refractivity contribution in [2.24, 2.45) is 5.92 Å². The van der Waals surface area contributed by atoms with E-state index in [-0.39, 0.29) is 12.4 Å². The minimum absolute atomic E-state index is 0.202. The summed E-state index contributed by atoms with van der Waals surface area (Å²) in [5.74, 6) is -1.98. The number of para-hydroxylation sites is 1. The molecule has 2 aromatic rings. The molecule has 0 radical (unpaired) electrons. The summed E-state index contributed by atoms with van der Waals surface area (Å²) in [7, 11) is 1.49. The summed E-state index contributed by atoms with van der Waals surface area (Å²) >= 11 is 0. The van der Waals surface area contributed by atoms with Crippen molar-refractivity contribution >= 4 is 11.8 Å². The lowest BCUT2D eigenvalue weighted by Crippen LogP contribution is -2.31. The van der Waals surface area contributed by atoms with Crippen molar-refractivity contribution in [3.8, 4) is 5.75 Å². The van der Waals surface area contributed by atoms with E-state index in [4.69, 9.17) is 9.47 Å². The van der Waals surface area contributed by atoms with Gasteiger partial charge in [-0.2, -0.15) is 0 Å². The fourth-order valence-corrected chi connectivity index (χ4v) is 2.80. The third kappa shape index (κ3) is 4.15. The highest BCUT2D eigenvalue weighted by molar-refractivity contribution is 6.11. The lowest BCUT2D eigenvalue weighted by Gasteiger charge is -2.23. The van der Waals surface area contributed by atoms with Crippen LogP contribution in [0, 0.1) is 5.92 Å². The van der Waals surface area contributed by atoms with Gasteiger partial charge in [-0.15, -0.1) is 6.58 Å². The molecule has 0 fully saturated rings. The van der Waals surface area contributed by atoms with Crippen LogP contribution in [0.2, 0.25) is 0 Å². The Morgan fingerprint density at radius 1 is 1.08 bits per heavy atom. The van der Waals surface area contributed by atoms with Crippen LogP contribution >= 0.6 is 0 Å². The van der Waals surface area contributed by atoms with Crippen LogP contribution in [0.25, 0.3) is 0 Å². The van der Waals surface area contributed by atoms with Gasteiger partial charge in [0.2, 0.25) is 0 Å². The topological polar surface area (TPSA) is 52.6 Å². The van der Waals surface area contributed by atoms with E-state index in [1.165, 1.54) is 7.11 Å². The summed E-state index contributed by atoms with van der Waals surface area (Å²) in [6.07, 6.45) is 1.62. The standard InChI is InChI=1S/C21H22O4/c1-4-16(15-11-7-6-8-12-15)19(21(23)25-5-2)20(22)17-13-9-10-14-18(17)24-3/h4,6-14,16,19H,1,5H2,2-3H3/t16-,19+/m0/s1. The molecule has 4 heteroatoms. The Morgan fingerprint density at radius 3 is 2.32 bits per heavy atom. The first kappa shape index (κ1) is 18.5. The second kappa shape index (κ2) is 8.83. The predicted molar refractivity (Wildman–Crippen MR) is 96.8 cm³/mol. The average molecular weight is 338 g/mol. The van der Waals surface area contributed by atoms with E-state index in [1.54, 1.807) is 37.3 Å². The van der Waals surface area contributed by atoms with Gasteiger partial charge in [0.05, 0.1) is 19.3 Å². The molecule has 25 heavy (non-hydrogen) atoms. The zero-order valence-electron chi connectivity index (χ0n) is 14.5. The van der Waals surface area contributed by atoms with Crippen LogP contribution in [-0.2, 0) is 9.53 Å². The highest BCUT2D eigenvalue weighted by atomic mass is 16.5. The minimum atomic E-state index is -1.02. The zero-order valence-corrected chi connectivity index (χ0v) is 14.5. The first-order chi connectivity index (χ1) is 12.1. The number of allylic oxidation sites excluding steroid dienone is 1. The van der Waals surface area contributed by atoms with E-state index in [1.807, 2.05) is 30.3 Å². The number of carbonyl (C=O) groups is 2. The van der Waals surface area contributed by atoms with Crippen LogP contribution in [0.1, 0.15) is 28.8 Å². The van der Waals surface area contributed by atoms with Crippen molar-refractivity contribution in [3.63, 3.8) is 0 Å². The molecule has 4 nitrogen and oxygen atoms in total. The van der Waals surface area contributed by atoms with Gasteiger partial charge in [0.25, 0.3) is 0 Å². The molecule has 0 unspecified atom stereocenters. The van der Waals surface area contributed by atoms with Crippen molar-refractivity contribution in [2.75, 3.05) is 13.7 Å². The molecule has 0 amide bonds. The van der Waals surface area contributed by atoms with Crippen LogP contribution in [0.3, 0.4) is 0 Å². The molecule has 2 aromatic carbocycles. The Balaban J connectivity index is 2.50. The summed E-state index contributed by atoms with van der Waals surface area (Å²) in [5.41, 5.74) is 1.18. The van der Waals surface area contributed by atoms with E-state index < -0.39 is 17.8 Å². The van der Waals surface area contributed by atoms with Gasteiger partial charge in [-0.1, -0.05) is 48.5 Å². The summed E-state index contributed by atoms with van der Waals surface area (Å²) in [6.45, 7) is 5.75. The van der Waals surface area contributed by atoms with Crippen molar-refractivity contribution in [3.05, 3.63) is 78.4 Å². The monoisotopic (exact) mass is 338 g/mol. The summed E-state index contributed by atoms with van der Waals surface area (Å²) in [5, 5.41) is 0. The number of rotatable bonds is 8. The molecule has 0 aliphatic rings. The second-order valence-electron chi connectivity index (χ2n) is 5.47. The number of esters is 1. The van der Waals surface area contributed by atoms with Gasteiger partial charge in [-0.3, -0.25) is 9.59 Å².